The average molecular weight is 814 g/mol. The van der Waals surface area contributed by atoms with E-state index in [4.69, 9.17) is 16.4 Å². The maximum atomic E-state index is 5.91. The molecule has 1 N–H and O–H groups in total. The molecule has 3 heteroatoms. The van der Waals surface area contributed by atoms with Crippen LogP contribution >= 0.6 is 0 Å². The molecule has 2 aliphatic rings. The van der Waals surface area contributed by atoms with Gasteiger partial charge < -0.3 is 5.32 Å². The molecule has 0 radical (unpaired) electrons. The van der Waals surface area contributed by atoms with E-state index >= 15 is 0 Å². The summed E-state index contributed by atoms with van der Waals surface area (Å²) in [5.41, 5.74) is 13.7. The van der Waals surface area contributed by atoms with Crippen LogP contribution in [0.4, 0.5) is 0 Å². The topological polar surface area (TPSA) is 36.8 Å². The third kappa shape index (κ3) is 8.71. The van der Waals surface area contributed by atoms with Crippen molar-refractivity contribution in [1.82, 2.24) is 5.32 Å². The smallest absolute Gasteiger partial charge is 0.169 e. The molecule has 306 valence electrons. The molecule has 3 nitrogen and oxygen atoms in total. The summed E-state index contributed by atoms with van der Waals surface area (Å²) in [5.74, 6) is 4.19. The maximum Gasteiger partial charge on any atom is 0.169 e. The molecule has 0 aromatic heterocycles. The number of allylic oxidation sites excluding steroid dienone is 13. The molecule has 0 amide bonds. The van der Waals surface area contributed by atoms with Crippen molar-refractivity contribution in [1.29, 1.82) is 0 Å². The summed E-state index contributed by atoms with van der Waals surface area (Å²) in [4.78, 5) is 10.4. The van der Waals surface area contributed by atoms with Crippen molar-refractivity contribution in [3.8, 4) is 12.3 Å². The SMILES string of the molecule is C#C/C=C\C(=C/C)C1=C(c2ccccc2)C(c2ccccc2)=CC(/C(C=C)=C/C(=C\C)c2cccc(C3N=C(c4ccccc4)NC(c4ccccc4)=N3)c2)C1(C)c1ccccc1. The van der Waals surface area contributed by atoms with Crippen molar-refractivity contribution in [3.05, 3.63) is 281 Å². The minimum atomic E-state index is -0.577. The Bertz CT molecular complexity index is 2830. The minimum Gasteiger partial charge on any atom is -0.324 e. The van der Waals surface area contributed by atoms with E-state index in [-0.39, 0.29) is 5.92 Å². The predicted molar refractivity (Wildman–Crippen MR) is 267 cm³/mol. The van der Waals surface area contributed by atoms with Gasteiger partial charge in [-0.2, -0.15) is 0 Å². The Morgan fingerprint density at radius 3 is 1.70 bits per heavy atom. The highest BCUT2D eigenvalue weighted by molar-refractivity contribution is 6.16. The van der Waals surface area contributed by atoms with E-state index in [1.165, 1.54) is 16.7 Å². The number of hydrogen-bond donors (Lipinski definition) is 1. The Hall–Kier alpha value is -7.80. The molecule has 0 bridgehead atoms. The lowest BCUT2D eigenvalue weighted by Crippen LogP contribution is -2.38. The number of benzene rings is 6. The zero-order chi connectivity index (χ0) is 43.6. The molecule has 2 unspecified atom stereocenters. The highest BCUT2D eigenvalue weighted by atomic mass is 15.2. The first kappa shape index (κ1) is 41.9. The molecule has 63 heavy (non-hydrogen) atoms. The van der Waals surface area contributed by atoms with E-state index in [1.807, 2.05) is 48.6 Å². The Morgan fingerprint density at radius 1 is 0.651 bits per heavy atom. The number of nitrogens with zero attached hydrogens (tertiary/aromatic N) is 2. The van der Waals surface area contributed by atoms with Gasteiger partial charge in [0.15, 0.2) is 6.17 Å². The van der Waals surface area contributed by atoms with Crippen LogP contribution in [0, 0.1) is 18.3 Å². The first-order valence-electron chi connectivity index (χ1n) is 21.5. The molecule has 8 rings (SSSR count). The molecule has 0 saturated heterocycles. The van der Waals surface area contributed by atoms with Gasteiger partial charge in [0.1, 0.15) is 11.7 Å². The van der Waals surface area contributed by atoms with Crippen LogP contribution in [0.2, 0.25) is 0 Å². The number of amidine groups is 2. The number of nitrogens with one attached hydrogen (secondary N) is 1. The van der Waals surface area contributed by atoms with E-state index in [1.54, 1.807) is 0 Å². The summed E-state index contributed by atoms with van der Waals surface area (Å²) in [6.45, 7) is 11.1. The molecule has 6 aromatic rings. The van der Waals surface area contributed by atoms with Gasteiger partial charge in [0, 0.05) is 22.5 Å². The summed E-state index contributed by atoms with van der Waals surface area (Å²) >= 11 is 0. The fourth-order valence-corrected chi connectivity index (χ4v) is 8.93. The van der Waals surface area contributed by atoms with Crippen LogP contribution in [0.25, 0.3) is 16.7 Å². The Kier molecular flexibility index (Phi) is 12.8. The molecular formula is C60H51N3. The van der Waals surface area contributed by atoms with Gasteiger partial charge in [0.2, 0.25) is 0 Å². The third-order valence-corrected chi connectivity index (χ3v) is 12.1. The number of rotatable bonds is 12. The summed E-state index contributed by atoms with van der Waals surface area (Å²) in [6, 6.07) is 61.4. The first-order chi connectivity index (χ1) is 31.0. The Morgan fingerprint density at radius 2 is 1.17 bits per heavy atom. The molecule has 1 aliphatic heterocycles. The van der Waals surface area contributed by atoms with Gasteiger partial charge in [-0.15, -0.1) is 6.42 Å². The maximum absolute atomic E-state index is 5.91. The molecule has 1 aliphatic carbocycles. The second-order valence-corrected chi connectivity index (χ2v) is 15.8. The quantitative estimate of drug-likeness (QED) is 0.0970. The fourth-order valence-electron chi connectivity index (χ4n) is 8.93. The molecule has 0 saturated carbocycles. The van der Waals surface area contributed by atoms with Crippen LogP contribution in [0.15, 0.2) is 252 Å². The largest absolute Gasteiger partial charge is 0.324 e. The molecule has 2 atom stereocenters. The minimum absolute atomic E-state index is 0.150. The second kappa shape index (κ2) is 19.3. The van der Waals surface area contributed by atoms with Crippen molar-refractivity contribution < 1.29 is 0 Å². The van der Waals surface area contributed by atoms with Crippen LogP contribution in [0.1, 0.15) is 65.9 Å². The van der Waals surface area contributed by atoms with Crippen molar-refractivity contribution in [2.75, 3.05) is 0 Å². The molecule has 0 spiro atoms. The van der Waals surface area contributed by atoms with E-state index in [0.29, 0.717) is 0 Å². The van der Waals surface area contributed by atoms with E-state index in [0.717, 1.165) is 67.3 Å². The summed E-state index contributed by atoms with van der Waals surface area (Å²) in [5, 5.41) is 3.52. The van der Waals surface area contributed by atoms with E-state index in [9.17, 15) is 0 Å². The predicted octanol–water partition coefficient (Wildman–Crippen LogP) is 14.0. The molecule has 1 heterocycles. The lowest BCUT2D eigenvalue weighted by molar-refractivity contribution is 0.465. The summed E-state index contributed by atoms with van der Waals surface area (Å²) < 4.78 is 0. The van der Waals surface area contributed by atoms with E-state index in [2.05, 4.69) is 208 Å². The van der Waals surface area contributed by atoms with Crippen LogP contribution in [-0.4, -0.2) is 11.7 Å². The molecular weight excluding hydrogens is 763 g/mol. The fraction of sp³-hybridized carbons (Fsp3) is 0.100. The summed E-state index contributed by atoms with van der Waals surface area (Å²) in [7, 11) is 0. The molecule has 0 fully saturated rings. The van der Waals surface area contributed by atoms with Gasteiger partial charge in [-0.3, -0.25) is 0 Å². The third-order valence-electron chi connectivity index (χ3n) is 12.1. The van der Waals surface area contributed by atoms with Crippen LogP contribution in [0.3, 0.4) is 0 Å². The zero-order valence-corrected chi connectivity index (χ0v) is 36.1. The van der Waals surface area contributed by atoms with Gasteiger partial charge in [0.05, 0.1) is 0 Å². The van der Waals surface area contributed by atoms with Crippen molar-refractivity contribution in [3.63, 3.8) is 0 Å². The van der Waals surface area contributed by atoms with Gasteiger partial charge in [0.25, 0.3) is 0 Å². The second-order valence-electron chi connectivity index (χ2n) is 15.8. The monoisotopic (exact) mass is 813 g/mol. The Labute approximate surface area is 373 Å². The van der Waals surface area contributed by atoms with Gasteiger partial charge in [-0.05, 0) is 93.3 Å². The van der Waals surface area contributed by atoms with Crippen molar-refractivity contribution in [2.45, 2.75) is 32.4 Å². The van der Waals surface area contributed by atoms with E-state index < -0.39 is 11.6 Å². The number of terminal acetylenes is 1. The lowest BCUT2D eigenvalue weighted by Gasteiger charge is -2.46. The van der Waals surface area contributed by atoms with Crippen molar-refractivity contribution >= 4 is 28.4 Å². The highest BCUT2D eigenvalue weighted by Gasteiger charge is 2.45. The number of hydrogen-bond acceptors (Lipinski definition) is 3. The van der Waals surface area contributed by atoms with Crippen LogP contribution in [0.5, 0.6) is 0 Å². The standard InChI is InChI=1S/C60H51N3/c1-6-10-27-43(7-2)56-55(47-30-18-12-19-31-47)53(46-28-16-11-17-29-46)42-54(60(56,5)52-38-24-15-25-39-52)45(9-4)40-44(8-3)50-36-26-37-51(41-50)59-62-57(48-32-20-13-21-33-48)61-58(63-59)49-34-22-14-23-35-49/h1,7-42,54,59H,4H2,2-3,5H3,(H,61,62,63)/b27-10-,43-7+,44-8+,45-40+. The number of aliphatic imine (C=N–C) groups is 2. The lowest BCUT2D eigenvalue weighted by atomic mass is 9.57. The zero-order valence-electron chi connectivity index (χ0n) is 36.1. The van der Waals surface area contributed by atoms with Gasteiger partial charge in [-0.25, -0.2) is 9.98 Å². The van der Waals surface area contributed by atoms with Gasteiger partial charge >= 0.3 is 0 Å². The normalized spacial score (nSPS) is 18.5. The van der Waals surface area contributed by atoms with Gasteiger partial charge in [-0.1, -0.05) is 220 Å². The highest BCUT2D eigenvalue weighted by Crippen LogP contribution is 2.56. The van der Waals surface area contributed by atoms with Crippen LogP contribution < -0.4 is 5.32 Å². The van der Waals surface area contributed by atoms with Crippen LogP contribution in [-0.2, 0) is 5.41 Å². The molecule has 6 aromatic carbocycles. The van der Waals surface area contributed by atoms with Crippen molar-refractivity contribution in [2.24, 2.45) is 15.9 Å². The average Bonchev–Trinajstić information content (AvgIpc) is 3.36. The Balaban J connectivity index is 1.31. The first-order valence-corrected chi connectivity index (χ1v) is 21.5. The summed E-state index contributed by atoms with van der Waals surface area (Å²) in [6.07, 6.45) is 20.6.